The van der Waals surface area contributed by atoms with E-state index in [1.54, 1.807) is 0 Å². The molecule has 0 amide bonds. The Morgan fingerprint density at radius 1 is 0.804 bits per heavy atom. The maximum absolute atomic E-state index is 4.49. The molecule has 0 spiro atoms. The fourth-order valence-electron chi connectivity index (χ4n) is 5.41. The van der Waals surface area contributed by atoms with Gasteiger partial charge in [0.05, 0.1) is 11.0 Å². The number of hydrogen-bond acceptors (Lipinski definition) is 4. The SMILES string of the molecule is C=C(NCCN(CCC)CCCCC)c1ccc(C)c(NCc2ccc(C)cc2C)c1.CC.CCCCc1nc2ccccc2[nH]1. The highest BCUT2D eigenvalue weighted by molar-refractivity contribution is 5.74. The van der Waals surface area contributed by atoms with Crippen molar-refractivity contribution < 1.29 is 0 Å². The van der Waals surface area contributed by atoms with E-state index in [4.69, 9.17) is 0 Å². The van der Waals surface area contributed by atoms with Crippen LogP contribution in [0.3, 0.4) is 0 Å². The first kappa shape index (κ1) is 38.6. The van der Waals surface area contributed by atoms with Crippen LogP contribution in [0.2, 0.25) is 0 Å². The molecule has 0 atom stereocenters. The van der Waals surface area contributed by atoms with Crippen molar-refractivity contribution in [3.63, 3.8) is 0 Å². The summed E-state index contributed by atoms with van der Waals surface area (Å²) < 4.78 is 0. The first-order chi connectivity index (χ1) is 22.3. The number of aromatic nitrogens is 2. The molecule has 0 aliphatic carbocycles. The summed E-state index contributed by atoms with van der Waals surface area (Å²) in [6.45, 7) is 26.7. The molecule has 4 aromatic rings. The van der Waals surface area contributed by atoms with Crippen LogP contribution in [0.4, 0.5) is 5.69 Å². The lowest BCUT2D eigenvalue weighted by atomic mass is 10.0. The number of nitrogens with zero attached hydrogens (tertiary/aromatic N) is 2. The minimum atomic E-state index is 0.833. The minimum Gasteiger partial charge on any atom is -0.384 e. The van der Waals surface area contributed by atoms with Gasteiger partial charge >= 0.3 is 0 Å². The van der Waals surface area contributed by atoms with Crippen molar-refractivity contribution >= 4 is 22.4 Å². The minimum absolute atomic E-state index is 0.833. The normalized spacial score (nSPS) is 10.6. The van der Waals surface area contributed by atoms with E-state index in [1.807, 2.05) is 32.0 Å². The second-order valence-corrected chi connectivity index (χ2v) is 12.1. The van der Waals surface area contributed by atoms with Gasteiger partial charge in [-0.2, -0.15) is 0 Å². The van der Waals surface area contributed by atoms with Gasteiger partial charge in [0.25, 0.3) is 0 Å². The molecule has 5 nitrogen and oxygen atoms in total. The molecular formula is C41H63N5. The van der Waals surface area contributed by atoms with Gasteiger partial charge < -0.3 is 20.5 Å². The molecule has 0 saturated heterocycles. The van der Waals surface area contributed by atoms with Crippen LogP contribution in [0.15, 0.2) is 67.2 Å². The zero-order valence-electron chi connectivity index (χ0n) is 30.4. The number of fused-ring (bicyclic) bond motifs is 1. The zero-order valence-corrected chi connectivity index (χ0v) is 30.4. The highest BCUT2D eigenvalue weighted by atomic mass is 15.1. The third-order valence-electron chi connectivity index (χ3n) is 8.14. The standard InChI is InChI=1S/C28H43N3.C11H14N2.C2H6/c1-7-9-10-17-31(16-8-2)18-15-29-25(6)26-14-12-23(4)28(20-26)30-21-27-13-11-22(3)19-24(27)5;1-2-3-8-11-12-9-6-4-5-7-10(9)13-11;1-2/h11-14,19-20,29-30H,6-10,15-18,21H2,1-5H3;4-7H,2-3,8H2,1H3,(H,12,13);1-2H3. The predicted octanol–water partition coefficient (Wildman–Crippen LogP) is 10.6. The van der Waals surface area contributed by atoms with Gasteiger partial charge in [-0.3, -0.25) is 0 Å². The second kappa shape index (κ2) is 22.0. The van der Waals surface area contributed by atoms with Gasteiger partial charge in [-0.1, -0.05) is 108 Å². The van der Waals surface area contributed by atoms with Crippen LogP contribution in [0.25, 0.3) is 16.7 Å². The molecule has 1 heterocycles. The number of imidazole rings is 1. The Bertz CT molecular complexity index is 1390. The summed E-state index contributed by atoms with van der Waals surface area (Å²) in [6, 6.07) is 21.4. The van der Waals surface area contributed by atoms with E-state index in [0.717, 1.165) is 54.2 Å². The van der Waals surface area contributed by atoms with Crippen LogP contribution >= 0.6 is 0 Å². The summed E-state index contributed by atoms with van der Waals surface area (Å²) >= 11 is 0. The van der Waals surface area contributed by atoms with Crippen molar-refractivity contribution in [2.75, 3.05) is 31.5 Å². The van der Waals surface area contributed by atoms with Crippen LogP contribution in [0, 0.1) is 20.8 Å². The van der Waals surface area contributed by atoms with E-state index in [-0.39, 0.29) is 0 Å². The van der Waals surface area contributed by atoms with Gasteiger partial charge in [0.15, 0.2) is 0 Å². The third kappa shape index (κ3) is 13.4. The molecule has 5 heteroatoms. The van der Waals surface area contributed by atoms with E-state index >= 15 is 0 Å². The number of anilines is 1. The molecule has 0 aliphatic heterocycles. The fourth-order valence-corrected chi connectivity index (χ4v) is 5.41. The lowest BCUT2D eigenvalue weighted by molar-refractivity contribution is 0.271. The Hall–Kier alpha value is -3.57. The summed E-state index contributed by atoms with van der Waals surface area (Å²) in [6.07, 6.45) is 8.59. The quantitative estimate of drug-likeness (QED) is 0.102. The molecule has 1 aromatic heterocycles. The molecule has 0 saturated carbocycles. The van der Waals surface area contributed by atoms with E-state index in [9.17, 15) is 0 Å². The lowest BCUT2D eigenvalue weighted by Crippen LogP contribution is -2.33. The Balaban J connectivity index is 0.000000404. The number of aryl methyl sites for hydroxylation is 4. The molecule has 0 bridgehead atoms. The van der Waals surface area contributed by atoms with Gasteiger partial charge in [-0.25, -0.2) is 4.98 Å². The van der Waals surface area contributed by atoms with Crippen LogP contribution in [-0.4, -0.2) is 41.0 Å². The Kier molecular flexibility index (Phi) is 18.5. The predicted molar refractivity (Wildman–Crippen MR) is 204 cm³/mol. The molecule has 3 N–H and O–H groups in total. The zero-order chi connectivity index (χ0) is 33.7. The largest absolute Gasteiger partial charge is 0.384 e. The van der Waals surface area contributed by atoms with E-state index in [0.29, 0.717) is 0 Å². The number of para-hydroxylation sites is 2. The summed E-state index contributed by atoms with van der Waals surface area (Å²) in [5.41, 5.74) is 10.8. The molecule has 4 rings (SSSR count). The van der Waals surface area contributed by atoms with E-state index in [2.05, 4.69) is 116 Å². The van der Waals surface area contributed by atoms with Crippen molar-refractivity contribution in [1.82, 2.24) is 20.2 Å². The van der Waals surface area contributed by atoms with Gasteiger partial charge in [0, 0.05) is 37.4 Å². The molecule has 0 radical (unpaired) electrons. The summed E-state index contributed by atoms with van der Waals surface area (Å²) in [5, 5.41) is 7.18. The van der Waals surface area contributed by atoms with Crippen molar-refractivity contribution in [2.45, 2.75) is 107 Å². The maximum Gasteiger partial charge on any atom is 0.107 e. The fraction of sp³-hybridized carbons (Fsp3) is 0.488. The average molecular weight is 626 g/mol. The van der Waals surface area contributed by atoms with Crippen LogP contribution < -0.4 is 10.6 Å². The number of rotatable bonds is 17. The molecule has 0 fully saturated rings. The van der Waals surface area contributed by atoms with Crippen molar-refractivity contribution in [1.29, 1.82) is 0 Å². The van der Waals surface area contributed by atoms with Crippen molar-refractivity contribution in [3.8, 4) is 0 Å². The third-order valence-corrected chi connectivity index (χ3v) is 8.14. The van der Waals surface area contributed by atoms with E-state index < -0.39 is 0 Å². The Labute approximate surface area is 281 Å². The Morgan fingerprint density at radius 3 is 2.26 bits per heavy atom. The number of aromatic amines is 1. The molecule has 46 heavy (non-hydrogen) atoms. The molecule has 0 unspecified atom stereocenters. The summed E-state index contributed by atoms with van der Waals surface area (Å²) in [7, 11) is 0. The van der Waals surface area contributed by atoms with Crippen LogP contribution in [0.5, 0.6) is 0 Å². The van der Waals surface area contributed by atoms with Crippen LogP contribution in [-0.2, 0) is 13.0 Å². The maximum atomic E-state index is 4.49. The van der Waals surface area contributed by atoms with Crippen molar-refractivity contribution in [3.05, 3.63) is 101 Å². The van der Waals surface area contributed by atoms with Crippen LogP contribution in [0.1, 0.15) is 107 Å². The first-order valence-corrected chi connectivity index (χ1v) is 17.8. The topological polar surface area (TPSA) is 56.0 Å². The summed E-state index contributed by atoms with van der Waals surface area (Å²) in [4.78, 5) is 10.4. The number of H-pyrrole nitrogens is 1. The molecule has 3 aromatic carbocycles. The summed E-state index contributed by atoms with van der Waals surface area (Å²) in [5.74, 6) is 1.11. The number of benzene rings is 3. The second-order valence-electron chi connectivity index (χ2n) is 12.1. The van der Waals surface area contributed by atoms with Crippen molar-refractivity contribution in [2.24, 2.45) is 0 Å². The smallest absolute Gasteiger partial charge is 0.107 e. The highest BCUT2D eigenvalue weighted by Crippen LogP contribution is 2.22. The molecule has 252 valence electrons. The highest BCUT2D eigenvalue weighted by Gasteiger charge is 2.07. The van der Waals surface area contributed by atoms with Gasteiger partial charge in [-0.15, -0.1) is 0 Å². The lowest BCUT2D eigenvalue weighted by Gasteiger charge is -2.22. The number of unbranched alkanes of at least 4 members (excludes halogenated alkanes) is 3. The first-order valence-electron chi connectivity index (χ1n) is 17.8. The Morgan fingerprint density at radius 2 is 1.57 bits per heavy atom. The molecule has 0 aliphatic rings. The average Bonchev–Trinajstić information content (AvgIpc) is 3.48. The number of hydrogen-bond donors (Lipinski definition) is 3. The molecular weight excluding hydrogens is 562 g/mol. The van der Waals surface area contributed by atoms with Gasteiger partial charge in [0.2, 0.25) is 0 Å². The van der Waals surface area contributed by atoms with E-state index in [1.165, 1.54) is 79.6 Å². The number of nitrogens with one attached hydrogen (secondary N) is 3. The monoisotopic (exact) mass is 626 g/mol. The van der Waals surface area contributed by atoms with Gasteiger partial charge in [-0.05, 0) is 93.6 Å². The van der Waals surface area contributed by atoms with Gasteiger partial charge in [0.1, 0.15) is 5.82 Å².